The normalized spacial score (nSPS) is 12.5. The molecule has 0 saturated heterocycles. The van der Waals surface area contributed by atoms with Gasteiger partial charge in [0.25, 0.3) is 11.8 Å². The summed E-state index contributed by atoms with van der Waals surface area (Å²) in [4.78, 5) is 27.1. The zero-order valence-corrected chi connectivity index (χ0v) is 16.2. The number of methoxy groups -OCH3 is 1. The number of amides is 2. The summed E-state index contributed by atoms with van der Waals surface area (Å²) >= 11 is 0. The third kappa shape index (κ3) is 4.05. The van der Waals surface area contributed by atoms with Crippen molar-refractivity contribution in [3.05, 3.63) is 95.1 Å². The molecular weight excluding hydrogens is 364 g/mol. The number of carbonyl (C=O) groups is 2. The van der Waals surface area contributed by atoms with Crippen LogP contribution in [0.4, 0.5) is 11.4 Å². The summed E-state index contributed by atoms with van der Waals surface area (Å²) in [6.07, 6.45) is 0.874. The van der Waals surface area contributed by atoms with Gasteiger partial charge in [0.05, 0.1) is 6.61 Å². The van der Waals surface area contributed by atoms with Crippen molar-refractivity contribution in [3.63, 3.8) is 0 Å². The molecule has 0 bridgehead atoms. The zero-order valence-electron chi connectivity index (χ0n) is 16.2. The van der Waals surface area contributed by atoms with Gasteiger partial charge in [0.2, 0.25) is 0 Å². The molecule has 3 aromatic rings. The van der Waals surface area contributed by atoms with E-state index in [9.17, 15) is 9.59 Å². The summed E-state index contributed by atoms with van der Waals surface area (Å²) in [7, 11) is 1.64. The summed E-state index contributed by atoms with van der Waals surface area (Å²) in [5.74, 6) is -0.219. The number of ether oxygens (including phenoxy) is 1. The van der Waals surface area contributed by atoms with Gasteiger partial charge in [0.1, 0.15) is 0 Å². The Morgan fingerprint density at radius 1 is 0.931 bits per heavy atom. The first kappa shape index (κ1) is 18.9. The number of nitrogens with zero attached hydrogens (tertiary/aromatic N) is 1. The van der Waals surface area contributed by atoms with Crippen molar-refractivity contribution in [1.29, 1.82) is 0 Å². The van der Waals surface area contributed by atoms with Gasteiger partial charge in [-0.15, -0.1) is 0 Å². The molecule has 4 rings (SSSR count). The Balaban J connectivity index is 1.43. The second-order valence-corrected chi connectivity index (χ2v) is 7.00. The number of carbonyl (C=O) groups excluding carboxylic acids is 2. The second kappa shape index (κ2) is 8.29. The number of hydrogen-bond acceptors (Lipinski definition) is 3. The molecule has 0 spiro atoms. The van der Waals surface area contributed by atoms with Crippen molar-refractivity contribution in [2.75, 3.05) is 23.9 Å². The van der Waals surface area contributed by atoms with E-state index < -0.39 is 0 Å². The monoisotopic (exact) mass is 386 g/mol. The van der Waals surface area contributed by atoms with E-state index >= 15 is 0 Å². The van der Waals surface area contributed by atoms with Crippen LogP contribution in [0.25, 0.3) is 0 Å². The predicted octanol–water partition coefficient (Wildman–Crippen LogP) is 4.29. The van der Waals surface area contributed by atoms with Crippen molar-refractivity contribution < 1.29 is 14.3 Å². The van der Waals surface area contributed by atoms with Crippen molar-refractivity contribution in [1.82, 2.24) is 0 Å². The number of anilines is 2. The summed E-state index contributed by atoms with van der Waals surface area (Å²) in [6.45, 7) is 1.20. The van der Waals surface area contributed by atoms with Crippen LogP contribution in [0, 0.1) is 0 Å². The number of nitrogens with one attached hydrogen (secondary N) is 1. The van der Waals surface area contributed by atoms with Gasteiger partial charge in [-0.1, -0.05) is 30.3 Å². The first-order valence-corrected chi connectivity index (χ1v) is 9.55. The van der Waals surface area contributed by atoms with Crippen LogP contribution >= 0.6 is 0 Å². The molecule has 0 saturated carbocycles. The fraction of sp³-hybridized carbons (Fsp3) is 0.167. The molecule has 5 heteroatoms. The number of fused-ring (bicyclic) bond motifs is 1. The lowest BCUT2D eigenvalue weighted by Crippen LogP contribution is -2.28. The molecule has 0 aromatic heterocycles. The lowest BCUT2D eigenvalue weighted by molar-refractivity contribution is 0.0988. The van der Waals surface area contributed by atoms with Crippen LogP contribution in [-0.4, -0.2) is 25.5 Å². The van der Waals surface area contributed by atoms with E-state index in [1.807, 2.05) is 35.2 Å². The molecule has 0 aliphatic carbocycles. The van der Waals surface area contributed by atoms with E-state index in [1.54, 1.807) is 43.5 Å². The van der Waals surface area contributed by atoms with E-state index in [2.05, 4.69) is 11.4 Å². The van der Waals surface area contributed by atoms with Crippen molar-refractivity contribution in [2.24, 2.45) is 0 Å². The molecule has 1 N–H and O–H groups in total. The van der Waals surface area contributed by atoms with Crippen LogP contribution in [0.15, 0.2) is 72.8 Å². The molecule has 1 aliphatic heterocycles. The Morgan fingerprint density at radius 2 is 1.62 bits per heavy atom. The standard InChI is InChI=1S/C24H22N2O3/c1-29-16-17-6-8-19(9-7-17)23(27)25-21-12-10-20(11-13-21)24(28)26-15-14-18-4-2-3-5-22(18)26/h2-13H,14-16H2,1H3,(H,25,27). The molecule has 146 valence electrons. The molecule has 1 heterocycles. The molecule has 2 amide bonds. The van der Waals surface area contributed by atoms with E-state index in [1.165, 1.54) is 5.56 Å². The molecule has 1 aliphatic rings. The summed E-state index contributed by atoms with van der Waals surface area (Å²) in [6, 6.07) is 22.3. The first-order chi connectivity index (χ1) is 14.2. The van der Waals surface area contributed by atoms with Crippen LogP contribution in [0.3, 0.4) is 0 Å². The van der Waals surface area contributed by atoms with Gasteiger partial charge in [-0.05, 0) is 60.0 Å². The predicted molar refractivity (Wildman–Crippen MR) is 113 cm³/mol. The van der Waals surface area contributed by atoms with Gasteiger partial charge in [0, 0.05) is 36.2 Å². The van der Waals surface area contributed by atoms with Crippen molar-refractivity contribution >= 4 is 23.2 Å². The Bertz CT molecular complexity index is 1030. The maximum Gasteiger partial charge on any atom is 0.258 e. The molecule has 3 aromatic carbocycles. The fourth-order valence-electron chi connectivity index (χ4n) is 3.52. The van der Waals surface area contributed by atoms with Gasteiger partial charge in [0.15, 0.2) is 0 Å². The smallest absolute Gasteiger partial charge is 0.258 e. The minimum absolute atomic E-state index is 0.0263. The molecule has 0 radical (unpaired) electrons. The largest absolute Gasteiger partial charge is 0.380 e. The minimum Gasteiger partial charge on any atom is -0.380 e. The fourth-order valence-corrected chi connectivity index (χ4v) is 3.52. The minimum atomic E-state index is -0.193. The van der Waals surface area contributed by atoms with Crippen LogP contribution in [0.1, 0.15) is 31.8 Å². The van der Waals surface area contributed by atoms with Crippen molar-refractivity contribution in [2.45, 2.75) is 13.0 Å². The number of para-hydroxylation sites is 1. The number of benzene rings is 3. The topological polar surface area (TPSA) is 58.6 Å². The molecule has 0 atom stereocenters. The third-order valence-corrected chi connectivity index (χ3v) is 5.05. The van der Waals surface area contributed by atoms with E-state index in [0.29, 0.717) is 30.0 Å². The summed E-state index contributed by atoms with van der Waals surface area (Å²) in [5, 5.41) is 2.87. The highest BCUT2D eigenvalue weighted by atomic mass is 16.5. The van der Waals surface area contributed by atoms with Crippen LogP contribution < -0.4 is 10.2 Å². The van der Waals surface area contributed by atoms with Gasteiger partial charge in [-0.25, -0.2) is 0 Å². The lowest BCUT2D eigenvalue weighted by Gasteiger charge is -2.17. The zero-order chi connectivity index (χ0) is 20.2. The number of hydrogen-bond donors (Lipinski definition) is 1. The quantitative estimate of drug-likeness (QED) is 0.712. The summed E-state index contributed by atoms with van der Waals surface area (Å²) in [5.41, 5.74) is 5.00. The maximum atomic E-state index is 12.9. The first-order valence-electron chi connectivity index (χ1n) is 9.55. The highest BCUT2D eigenvalue weighted by Gasteiger charge is 2.25. The molecule has 5 nitrogen and oxygen atoms in total. The maximum absolute atomic E-state index is 12.9. The third-order valence-electron chi connectivity index (χ3n) is 5.05. The highest BCUT2D eigenvalue weighted by Crippen LogP contribution is 2.29. The molecular formula is C24H22N2O3. The summed E-state index contributed by atoms with van der Waals surface area (Å²) < 4.78 is 5.08. The van der Waals surface area contributed by atoms with Gasteiger partial charge >= 0.3 is 0 Å². The van der Waals surface area contributed by atoms with E-state index in [4.69, 9.17) is 4.74 Å². The Morgan fingerprint density at radius 3 is 2.34 bits per heavy atom. The SMILES string of the molecule is COCc1ccc(C(=O)Nc2ccc(C(=O)N3CCc4ccccc43)cc2)cc1. The Labute approximate surface area is 169 Å². The van der Waals surface area contributed by atoms with Crippen LogP contribution in [0.2, 0.25) is 0 Å². The number of rotatable bonds is 5. The average molecular weight is 386 g/mol. The molecule has 0 unspecified atom stereocenters. The molecule has 0 fully saturated rings. The van der Waals surface area contributed by atoms with Gasteiger partial charge in [-0.2, -0.15) is 0 Å². The van der Waals surface area contributed by atoms with Gasteiger partial charge in [-0.3, -0.25) is 9.59 Å². The lowest BCUT2D eigenvalue weighted by atomic mass is 10.1. The molecule has 29 heavy (non-hydrogen) atoms. The Kier molecular flexibility index (Phi) is 5.40. The van der Waals surface area contributed by atoms with Crippen LogP contribution in [-0.2, 0) is 17.8 Å². The van der Waals surface area contributed by atoms with E-state index in [-0.39, 0.29) is 11.8 Å². The van der Waals surface area contributed by atoms with Crippen LogP contribution in [0.5, 0.6) is 0 Å². The van der Waals surface area contributed by atoms with Crippen molar-refractivity contribution in [3.8, 4) is 0 Å². The average Bonchev–Trinajstić information content (AvgIpc) is 3.19. The highest BCUT2D eigenvalue weighted by molar-refractivity contribution is 6.08. The van der Waals surface area contributed by atoms with Gasteiger partial charge < -0.3 is 15.0 Å². The van der Waals surface area contributed by atoms with E-state index in [0.717, 1.165) is 17.7 Å². The Hall–Kier alpha value is -3.44. The second-order valence-electron chi connectivity index (χ2n) is 7.00.